The SMILES string of the molecule is CC1CN(C(C)c2ccccc2)S(=O)(=O)CCN1. The molecule has 100 valence electrons. The molecule has 2 unspecified atom stereocenters. The molecule has 0 radical (unpaired) electrons. The van der Waals surface area contributed by atoms with Gasteiger partial charge in [0.25, 0.3) is 0 Å². The summed E-state index contributed by atoms with van der Waals surface area (Å²) < 4.78 is 26.1. The molecule has 5 heteroatoms. The molecule has 2 atom stereocenters. The van der Waals surface area contributed by atoms with Crippen LogP contribution in [0, 0.1) is 0 Å². The van der Waals surface area contributed by atoms with Gasteiger partial charge in [0.1, 0.15) is 0 Å². The molecule has 1 aromatic rings. The van der Waals surface area contributed by atoms with Gasteiger partial charge in [-0.1, -0.05) is 30.3 Å². The van der Waals surface area contributed by atoms with Gasteiger partial charge in [-0.15, -0.1) is 0 Å². The normalized spacial score (nSPS) is 26.4. The zero-order valence-corrected chi connectivity index (χ0v) is 11.7. The van der Waals surface area contributed by atoms with E-state index in [2.05, 4.69) is 5.32 Å². The van der Waals surface area contributed by atoms with Crippen LogP contribution in [-0.4, -0.2) is 37.6 Å². The Morgan fingerprint density at radius 2 is 2.00 bits per heavy atom. The number of hydrogen-bond acceptors (Lipinski definition) is 3. The minimum Gasteiger partial charge on any atom is -0.312 e. The van der Waals surface area contributed by atoms with Gasteiger partial charge >= 0.3 is 0 Å². The highest BCUT2D eigenvalue weighted by Gasteiger charge is 2.31. The topological polar surface area (TPSA) is 49.4 Å². The van der Waals surface area contributed by atoms with Crippen LogP contribution in [-0.2, 0) is 10.0 Å². The molecule has 1 fully saturated rings. The van der Waals surface area contributed by atoms with E-state index in [9.17, 15) is 8.42 Å². The first-order chi connectivity index (χ1) is 8.50. The van der Waals surface area contributed by atoms with E-state index in [-0.39, 0.29) is 17.8 Å². The van der Waals surface area contributed by atoms with Gasteiger partial charge in [-0.05, 0) is 19.4 Å². The Morgan fingerprint density at radius 3 is 2.67 bits per heavy atom. The Balaban J connectivity index is 2.29. The smallest absolute Gasteiger partial charge is 0.215 e. The third-order valence-corrected chi connectivity index (χ3v) is 5.28. The molecule has 0 saturated carbocycles. The lowest BCUT2D eigenvalue weighted by molar-refractivity contribution is 0.322. The minimum absolute atomic E-state index is 0.112. The highest BCUT2D eigenvalue weighted by molar-refractivity contribution is 7.89. The predicted octanol–water partition coefficient (Wildman–Crippen LogP) is 1.37. The maximum atomic E-state index is 12.2. The molecule has 0 spiro atoms. The summed E-state index contributed by atoms with van der Waals surface area (Å²) in [5, 5.41) is 3.22. The summed E-state index contributed by atoms with van der Waals surface area (Å²) in [6, 6.07) is 9.85. The maximum absolute atomic E-state index is 12.2. The summed E-state index contributed by atoms with van der Waals surface area (Å²) in [5.74, 6) is 0.175. The Morgan fingerprint density at radius 1 is 1.33 bits per heavy atom. The van der Waals surface area contributed by atoms with Crippen molar-refractivity contribution in [3.8, 4) is 0 Å². The Bertz CT molecular complexity index is 487. The van der Waals surface area contributed by atoms with Gasteiger partial charge in [0.05, 0.1) is 5.75 Å². The van der Waals surface area contributed by atoms with Crippen LogP contribution in [0.1, 0.15) is 25.5 Å². The van der Waals surface area contributed by atoms with Crippen LogP contribution in [0.25, 0.3) is 0 Å². The van der Waals surface area contributed by atoms with Crippen molar-refractivity contribution in [3.63, 3.8) is 0 Å². The van der Waals surface area contributed by atoms with E-state index in [4.69, 9.17) is 0 Å². The van der Waals surface area contributed by atoms with Crippen molar-refractivity contribution in [2.75, 3.05) is 18.8 Å². The van der Waals surface area contributed by atoms with E-state index in [0.717, 1.165) is 5.56 Å². The summed E-state index contributed by atoms with van der Waals surface area (Å²) in [5.41, 5.74) is 1.04. The number of nitrogens with zero attached hydrogens (tertiary/aromatic N) is 1. The molecule has 1 aliphatic heterocycles. The zero-order valence-electron chi connectivity index (χ0n) is 10.8. The summed E-state index contributed by atoms with van der Waals surface area (Å²) in [4.78, 5) is 0. The lowest BCUT2D eigenvalue weighted by Crippen LogP contribution is -2.39. The fourth-order valence-electron chi connectivity index (χ4n) is 2.30. The minimum atomic E-state index is -3.17. The van der Waals surface area contributed by atoms with Crippen molar-refractivity contribution in [2.24, 2.45) is 0 Å². The van der Waals surface area contributed by atoms with Crippen LogP contribution in [0.5, 0.6) is 0 Å². The monoisotopic (exact) mass is 268 g/mol. The first-order valence-corrected chi connectivity index (χ1v) is 7.89. The average Bonchev–Trinajstić information content (AvgIpc) is 2.48. The highest BCUT2D eigenvalue weighted by atomic mass is 32.2. The molecule has 1 N–H and O–H groups in total. The number of nitrogens with one attached hydrogen (secondary N) is 1. The maximum Gasteiger partial charge on any atom is 0.215 e. The molecular formula is C13H20N2O2S. The van der Waals surface area contributed by atoms with Crippen molar-refractivity contribution >= 4 is 10.0 Å². The second-order valence-corrected chi connectivity index (χ2v) is 6.87. The second-order valence-electron chi connectivity index (χ2n) is 4.83. The summed E-state index contributed by atoms with van der Waals surface area (Å²) in [6.45, 7) is 5.02. The van der Waals surface area contributed by atoms with Crippen LogP contribution in [0.15, 0.2) is 30.3 Å². The van der Waals surface area contributed by atoms with Crippen LogP contribution < -0.4 is 5.32 Å². The van der Waals surface area contributed by atoms with Gasteiger partial charge in [-0.25, -0.2) is 8.42 Å². The fourth-order valence-corrected chi connectivity index (χ4v) is 3.96. The number of sulfonamides is 1. The highest BCUT2D eigenvalue weighted by Crippen LogP contribution is 2.24. The Labute approximate surface area is 109 Å². The first-order valence-electron chi connectivity index (χ1n) is 6.28. The standard InChI is InChI=1S/C13H20N2O2S/c1-11-10-15(18(16,17)9-8-14-11)12(2)13-6-4-3-5-7-13/h3-7,11-12,14H,8-10H2,1-2H3. The predicted molar refractivity (Wildman–Crippen MR) is 72.8 cm³/mol. The molecule has 4 nitrogen and oxygen atoms in total. The molecule has 1 aliphatic rings. The molecule has 0 bridgehead atoms. The van der Waals surface area contributed by atoms with Crippen LogP contribution >= 0.6 is 0 Å². The first kappa shape index (κ1) is 13.5. The van der Waals surface area contributed by atoms with Crippen molar-refractivity contribution in [3.05, 3.63) is 35.9 Å². The van der Waals surface area contributed by atoms with E-state index in [1.807, 2.05) is 44.2 Å². The van der Waals surface area contributed by atoms with Crippen LogP contribution in [0.3, 0.4) is 0 Å². The van der Waals surface area contributed by atoms with Gasteiger partial charge in [0.2, 0.25) is 10.0 Å². The van der Waals surface area contributed by atoms with Crippen molar-refractivity contribution in [1.82, 2.24) is 9.62 Å². The lowest BCUT2D eigenvalue weighted by Gasteiger charge is -2.28. The molecule has 2 rings (SSSR count). The summed E-state index contributed by atoms with van der Waals surface area (Å²) in [6.07, 6.45) is 0. The molecule has 1 saturated heterocycles. The van der Waals surface area contributed by atoms with E-state index in [1.54, 1.807) is 4.31 Å². The van der Waals surface area contributed by atoms with Crippen molar-refractivity contribution in [2.45, 2.75) is 25.9 Å². The Hall–Kier alpha value is -0.910. The molecule has 1 aromatic carbocycles. The van der Waals surface area contributed by atoms with E-state index < -0.39 is 10.0 Å². The van der Waals surface area contributed by atoms with E-state index in [0.29, 0.717) is 13.1 Å². The third-order valence-electron chi connectivity index (χ3n) is 3.38. The lowest BCUT2D eigenvalue weighted by atomic mass is 10.1. The van der Waals surface area contributed by atoms with E-state index >= 15 is 0 Å². The molecular weight excluding hydrogens is 248 g/mol. The summed E-state index contributed by atoms with van der Waals surface area (Å²) in [7, 11) is -3.17. The molecule has 0 amide bonds. The van der Waals surface area contributed by atoms with Crippen molar-refractivity contribution in [1.29, 1.82) is 0 Å². The number of rotatable bonds is 2. The fraction of sp³-hybridized carbons (Fsp3) is 0.538. The Kier molecular flexibility index (Phi) is 4.04. The summed E-state index contributed by atoms with van der Waals surface area (Å²) >= 11 is 0. The van der Waals surface area contributed by atoms with Gasteiger partial charge in [-0.2, -0.15) is 4.31 Å². The molecule has 0 aromatic heterocycles. The molecule has 18 heavy (non-hydrogen) atoms. The van der Waals surface area contributed by atoms with Crippen molar-refractivity contribution < 1.29 is 8.42 Å². The van der Waals surface area contributed by atoms with Gasteiger partial charge < -0.3 is 5.32 Å². The van der Waals surface area contributed by atoms with Gasteiger partial charge in [0.15, 0.2) is 0 Å². The molecule has 1 heterocycles. The van der Waals surface area contributed by atoms with Crippen LogP contribution in [0.2, 0.25) is 0 Å². The van der Waals surface area contributed by atoms with E-state index in [1.165, 1.54) is 0 Å². The van der Waals surface area contributed by atoms with Crippen LogP contribution in [0.4, 0.5) is 0 Å². The molecule has 0 aliphatic carbocycles. The zero-order chi connectivity index (χ0) is 13.2. The second kappa shape index (κ2) is 5.38. The quantitative estimate of drug-likeness (QED) is 0.881. The average molecular weight is 268 g/mol. The number of benzene rings is 1. The third kappa shape index (κ3) is 2.91. The number of hydrogen-bond donors (Lipinski definition) is 1. The van der Waals surface area contributed by atoms with Gasteiger partial charge in [0, 0.05) is 25.2 Å². The van der Waals surface area contributed by atoms with Gasteiger partial charge in [-0.3, -0.25) is 0 Å². The largest absolute Gasteiger partial charge is 0.312 e.